The van der Waals surface area contributed by atoms with Gasteiger partial charge >= 0.3 is 0 Å². The van der Waals surface area contributed by atoms with Gasteiger partial charge in [-0.1, -0.05) is 35.0 Å². The number of carbonyl (C=O) groups excluding carboxylic acids is 1. The fourth-order valence-electron chi connectivity index (χ4n) is 2.46. The second kappa shape index (κ2) is 6.37. The number of rotatable bonds is 3. The molecule has 0 aromatic heterocycles. The first-order valence-electron chi connectivity index (χ1n) is 6.67. The number of nitrogens with one attached hydrogen (secondary N) is 1. The van der Waals surface area contributed by atoms with Crippen LogP contribution in [0.4, 0.5) is 0 Å². The van der Waals surface area contributed by atoms with Crippen molar-refractivity contribution in [3.63, 3.8) is 0 Å². The maximum absolute atomic E-state index is 12.0. The number of benzene rings is 1. The van der Waals surface area contributed by atoms with Crippen molar-refractivity contribution in [3.05, 3.63) is 34.3 Å². The lowest BCUT2D eigenvalue weighted by atomic mass is 9.82. The number of halogens is 1. The van der Waals surface area contributed by atoms with Crippen LogP contribution in [0, 0.1) is 11.8 Å². The molecule has 0 heterocycles. The maximum atomic E-state index is 12.0. The van der Waals surface area contributed by atoms with Crippen LogP contribution in [0.15, 0.2) is 28.7 Å². The van der Waals surface area contributed by atoms with E-state index in [2.05, 4.69) is 28.2 Å². The third-order valence-electron chi connectivity index (χ3n) is 3.77. The van der Waals surface area contributed by atoms with Gasteiger partial charge in [-0.15, -0.1) is 0 Å². The molecule has 0 aliphatic heterocycles. The monoisotopic (exact) mass is 309 g/mol. The molecule has 1 N–H and O–H groups in total. The normalized spacial score (nSPS) is 23.7. The predicted molar refractivity (Wildman–Crippen MR) is 77.1 cm³/mol. The summed E-state index contributed by atoms with van der Waals surface area (Å²) >= 11 is 3.41. The molecule has 0 spiro atoms. The Morgan fingerprint density at radius 2 is 1.83 bits per heavy atom. The maximum Gasteiger partial charge on any atom is 0.223 e. The van der Waals surface area contributed by atoms with Crippen molar-refractivity contribution >= 4 is 21.8 Å². The van der Waals surface area contributed by atoms with Crippen LogP contribution < -0.4 is 5.32 Å². The van der Waals surface area contributed by atoms with E-state index in [1.165, 1.54) is 12.8 Å². The second-order valence-corrected chi connectivity index (χ2v) is 6.22. The molecular formula is C15H20BrNO. The molecule has 0 bridgehead atoms. The zero-order chi connectivity index (χ0) is 13.0. The molecule has 0 radical (unpaired) electrons. The third-order valence-corrected chi connectivity index (χ3v) is 4.30. The first-order chi connectivity index (χ1) is 8.65. The molecule has 18 heavy (non-hydrogen) atoms. The molecule has 0 atom stereocenters. The van der Waals surface area contributed by atoms with E-state index in [4.69, 9.17) is 0 Å². The van der Waals surface area contributed by atoms with E-state index < -0.39 is 0 Å². The van der Waals surface area contributed by atoms with Gasteiger partial charge in [-0.25, -0.2) is 0 Å². The third kappa shape index (κ3) is 3.84. The van der Waals surface area contributed by atoms with Crippen molar-refractivity contribution in [2.24, 2.45) is 11.8 Å². The number of amides is 1. The number of hydrogen-bond donors (Lipinski definition) is 1. The molecule has 1 aromatic carbocycles. The van der Waals surface area contributed by atoms with Gasteiger partial charge in [0, 0.05) is 16.9 Å². The zero-order valence-electron chi connectivity index (χ0n) is 10.8. The van der Waals surface area contributed by atoms with E-state index in [9.17, 15) is 4.79 Å². The van der Waals surface area contributed by atoms with Crippen LogP contribution in [0.25, 0.3) is 0 Å². The standard InChI is InChI=1S/C15H20BrNO/c1-11-2-6-13(7-3-11)15(18)17-10-12-4-8-14(16)9-5-12/h4-5,8-9,11,13H,2-3,6-7,10H2,1H3,(H,17,18). The highest BCUT2D eigenvalue weighted by molar-refractivity contribution is 9.10. The summed E-state index contributed by atoms with van der Waals surface area (Å²) in [4.78, 5) is 12.0. The summed E-state index contributed by atoms with van der Waals surface area (Å²) in [5.41, 5.74) is 1.15. The van der Waals surface area contributed by atoms with Gasteiger partial charge in [0.15, 0.2) is 0 Å². The van der Waals surface area contributed by atoms with Gasteiger partial charge in [0.1, 0.15) is 0 Å². The first kappa shape index (κ1) is 13.6. The first-order valence-corrected chi connectivity index (χ1v) is 7.46. The van der Waals surface area contributed by atoms with E-state index in [-0.39, 0.29) is 11.8 Å². The summed E-state index contributed by atoms with van der Waals surface area (Å²) in [6.07, 6.45) is 4.48. The van der Waals surface area contributed by atoms with Crippen molar-refractivity contribution in [2.45, 2.75) is 39.2 Å². The molecule has 1 aliphatic rings. The van der Waals surface area contributed by atoms with Gasteiger partial charge in [0.25, 0.3) is 0 Å². The molecule has 98 valence electrons. The summed E-state index contributed by atoms with van der Waals surface area (Å²) in [7, 11) is 0. The molecule has 3 heteroatoms. The summed E-state index contributed by atoms with van der Waals surface area (Å²) in [5.74, 6) is 1.25. The minimum atomic E-state index is 0.227. The van der Waals surface area contributed by atoms with Gasteiger partial charge < -0.3 is 5.32 Å². The quantitative estimate of drug-likeness (QED) is 0.901. The molecule has 0 saturated heterocycles. The number of carbonyl (C=O) groups is 1. The topological polar surface area (TPSA) is 29.1 Å². The Balaban J connectivity index is 1.79. The summed E-state index contributed by atoms with van der Waals surface area (Å²) in [6, 6.07) is 8.08. The van der Waals surface area contributed by atoms with Crippen molar-refractivity contribution < 1.29 is 4.79 Å². The van der Waals surface area contributed by atoms with Gasteiger partial charge in [-0.05, 0) is 49.3 Å². The Morgan fingerprint density at radius 1 is 1.22 bits per heavy atom. The Labute approximate surface area is 117 Å². The lowest BCUT2D eigenvalue weighted by molar-refractivity contribution is -0.126. The highest BCUT2D eigenvalue weighted by atomic mass is 79.9. The van der Waals surface area contributed by atoms with Gasteiger partial charge in [0.2, 0.25) is 5.91 Å². The van der Waals surface area contributed by atoms with Crippen LogP contribution in [0.2, 0.25) is 0 Å². The minimum absolute atomic E-state index is 0.227. The summed E-state index contributed by atoms with van der Waals surface area (Å²) in [6.45, 7) is 2.91. The van der Waals surface area contributed by atoms with E-state index in [0.717, 1.165) is 28.8 Å². The molecule has 2 rings (SSSR count). The second-order valence-electron chi connectivity index (χ2n) is 5.30. The Morgan fingerprint density at radius 3 is 2.44 bits per heavy atom. The van der Waals surface area contributed by atoms with Crippen LogP contribution in [-0.4, -0.2) is 5.91 Å². The lowest BCUT2D eigenvalue weighted by Crippen LogP contribution is -2.32. The van der Waals surface area contributed by atoms with Crippen molar-refractivity contribution in [3.8, 4) is 0 Å². The van der Waals surface area contributed by atoms with Crippen LogP contribution in [0.1, 0.15) is 38.2 Å². The lowest BCUT2D eigenvalue weighted by Gasteiger charge is -2.25. The molecule has 1 aliphatic carbocycles. The highest BCUT2D eigenvalue weighted by Gasteiger charge is 2.23. The smallest absolute Gasteiger partial charge is 0.223 e. The SMILES string of the molecule is CC1CCC(C(=O)NCc2ccc(Br)cc2)CC1. The van der Waals surface area contributed by atoms with Gasteiger partial charge in [-0.2, -0.15) is 0 Å². The van der Waals surface area contributed by atoms with Crippen molar-refractivity contribution in [1.29, 1.82) is 0 Å². The Hall–Kier alpha value is -0.830. The zero-order valence-corrected chi connectivity index (χ0v) is 12.4. The van der Waals surface area contributed by atoms with Crippen LogP contribution in [0.3, 0.4) is 0 Å². The van der Waals surface area contributed by atoms with Crippen molar-refractivity contribution in [1.82, 2.24) is 5.32 Å². The predicted octanol–water partition coefficient (Wildman–Crippen LogP) is 3.89. The van der Waals surface area contributed by atoms with E-state index in [0.29, 0.717) is 6.54 Å². The van der Waals surface area contributed by atoms with Crippen LogP contribution >= 0.6 is 15.9 Å². The minimum Gasteiger partial charge on any atom is -0.352 e. The molecule has 0 unspecified atom stereocenters. The van der Waals surface area contributed by atoms with Gasteiger partial charge in [-0.3, -0.25) is 4.79 Å². The summed E-state index contributed by atoms with van der Waals surface area (Å²) < 4.78 is 1.07. The van der Waals surface area contributed by atoms with E-state index in [1.54, 1.807) is 0 Å². The van der Waals surface area contributed by atoms with E-state index in [1.807, 2.05) is 24.3 Å². The molecule has 1 aromatic rings. The van der Waals surface area contributed by atoms with Gasteiger partial charge in [0.05, 0.1) is 0 Å². The Bertz CT molecular complexity index is 393. The van der Waals surface area contributed by atoms with Crippen LogP contribution in [0.5, 0.6) is 0 Å². The molecule has 1 fully saturated rings. The molecular weight excluding hydrogens is 290 g/mol. The van der Waals surface area contributed by atoms with E-state index >= 15 is 0 Å². The van der Waals surface area contributed by atoms with Crippen molar-refractivity contribution in [2.75, 3.05) is 0 Å². The summed E-state index contributed by atoms with van der Waals surface area (Å²) in [5, 5.41) is 3.05. The fraction of sp³-hybridized carbons (Fsp3) is 0.533. The largest absolute Gasteiger partial charge is 0.352 e. The average molecular weight is 310 g/mol. The average Bonchev–Trinajstić information content (AvgIpc) is 2.38. The fourth-order valence-corrected chi connectivity index (χ4v) is 2.72. The highest BCUT2D eigenvalue weighted by Crippen LogP contribution is 2.28. The molecule has 1 amide bonds. The molecule has 1 saturated carbocycles. The molecule has 2 nitrogen and oxygen atoms in total. The van der Waals surface area contributed by atoms with Crippen LogP contribution in [-0.2, 0) is 11.3 Å². The number of hydrogen-bond acceptors (Lipinski definition) is 1. The Kier molecular flexibility index (Phi) is 4.81.